The van der Waals surface area contributed by atoms with E-state index in [4.69, 9.17) is 14.2 Å². The van der Waals surface area contributed by atoms with Crippen molar-refractivity contribution in [3.8, 4) is 0 Å². The zero-order chi connectivity index (χ0) is 44.9. The number of likely N-dealkylation sites (N-methyl/N-ethyl adjacent to an activating group) is 1. The third kappa shape index (κ3) is 41.9. The van der Waals surface area contributed by atoms with Gasteiger partial charge in [0.15, 0.2) is 6.10 Å². The highest BCUT2D eigenvalue weighted by atomic mass is 16.6. The smallest absolute Gasteiger partial charge is 0.306 e. The van der Waals surface area contributed by atoms with Crippen LogP contribution in [0.2, 0.25) is 0 Å². The van der Waals surface area contributed by atoms with Gasteiger partial charge in [0.25, 0.3) is 0 Å². The molecule has 8 nitrogen and oxygen atoms in total. The Morgan fingerprint density at radius 2 is 0.918 bits per heavy atom. The number of esters is 2. The molecule has 0 bridgehead atoms. The quantitative estimate of drug-likeness (QED) is 0.0260. The lowest BCUT2D eigenvalue weighted by molar-refractivity contribution is -0.889. The van der Waals surface area contributed by atoms with Gasteiger partial charge in [0.2, 0.25) is 0 Å². The second-order valence-electron chi connectivity index (χ2n) is 17.3. The minimum atomic E-state index is -1.13. The van der Waals surface area contributed by atoms with Crippen molar-refractivity contribution in [3.05, 3.63) is 72.9 Å². The standard InChI is InChI=1S/C53H91NO7/c1-6-8-10-12-14-16-18-20-22-23-24-25-26-27-28-30-31-33-35-37-39-41-43-51(55)60-48-49(47-59-46-45-50(53(57)58)54(3,4)5)61-52(56)44-42-40-38-36-34-32-29-21-19-17-15-13-11-9-7-2/h8,10,14,16-17,19-20,22,24-25,27-28,49-50H,6-7,9,11-13,15,18,21,23,26,29-48H2,1-5H3/b10-8+,16-14+,19-17+,22-20+,25-24+,28-27+. The van der Waals surface area contributed by atoms with E-state index in [0.717, 1.165) is 83.5 Å². The second-order valence-corrected chi connectivity index (χ2v) is 17.3. The monoisotopic (exact) mass is 854 g/mol. The minimum absolute atomic E-state index is 0.0313. The van der Waals surface area contributed by atoms with E-state index in [2.05, 4.69) is 86.8 Å². The number of quaternary nitrogens is 1. The predicted molar refractivity (Wildman–Crippen MR) is 254 cm³/mol. The Morgan fingerprint density at radius 3 is 1.38 bits per heavy atom. The number of allylic oxidation sites excluding steroid dienone is 12. The van der Waals surface area contributed by atoms with E-state index in [-0.39, 0.29) is 42.7 Å². The predicted octanol–water partition coefficient (Wildman–Crippen LogP) is 12.6. The molecule has 8 heteroatoms. The molecule has 0 saturated heterocycles. The van der Waals surface area contributed by atoms with Crippen molar-refractivity contribution < 1.29 is 38.2 Å². The summed E-state index contributed by atoms with van der Waals surface area (Å²) in [5.74, 6) is -1.76. The second kappa shape index (κ2) is 43.4. The van der Waals surface area contributed by atoms with Crippen LogP contribution in [0, 0.1) is 0 Å². The number of carboxylic acid groups (broad SMARTS) is 1. The summed E-state index contributed by atoms with van der Waals surface area (Å²) in [7, 11) is 5.40. The fourth-order valence-electron chi connectivity index (χ4n) is 6.80. The van der Waals surface area contributed by atoms with Crippen LogP contribution in [-0.2, 0) is 28.6 Å². The first kappa shape index (κ1) is 57.8. The van der Waals surface area contributed by atoms with Crippen LogP contribution in [0.5, 0.6) is 0 Å². The molecule has 0 fully saturated rings. The van der Waals surface area contributed by atoms with E-state index in [1.165, 1.54) is 77.0 Å². The molecule has 0 amide bonds. The Balaban J connectivity index is 4.31. The number of aliphatic carboxylic acids is 1. The molecule has 350 valence electrons. The van der Waals surface area contributed by atoms with Crippen LogP contribution in [0.1, 0.15) is 194 Å². The fraction of sp³-hybridized carbons (Fsp3) is 0.717. The van der Waals surface area contributed by atoms with Gasteiger partial charge >= 0.3 is 11.9 Å². The molecule has 0 aromatic rings. The lowest BCUT2D eigenvalue weighted by Crippen LogP contribution is -2.55. The van der Waals surface area contributed by atoms with Crippen molar-refractivity contribution in [1.29, 1.82) is 0 Å². The molecule has 0 aliphatic carbocycles. The van der Waals surface area contributed by atoms with Crippen molar-refractivity contribution in [2.75, 3.05) is 41.0 Å². The van der Waals surface area contributed by atoms with Crippen LogP contribution in [0.15, 0.2) is 72.9 Å². The SMILES string of the molecule is CC/C=C/C/C=C/C/C=C/C/C=C/C/C=C/CCCCCCCCC(=O)OCC(COCCC(C(=O)[O-])[N+](C)(C)C)OC(=O)CCCCCCCCC/C=C/CCCCCC. The summed E-state index contributed by atoms with van der Waals surface area (Å²) in [6.45, 7) is 4.52. The van der Waals surface area contributed by atoms with Gasteiger partial charge in [-0.3, -0.25) is 9.59 Å². The van der Waals surface area contributed by atoms with Crippen molar-refractivity contribution in [3.63, 3.8) is 0 Å². The van der Waals surface area contributed by atoms with Gasteiger partial charge in [0.05, 0.1) is 40.3 Å². The van der Waals surface area contributed by atoms with E-state index in [1.807, 2.05) is 0 Å². The Bertz CT molecular complexity index is 1230. The molecule has 0 saturated carbocycles. The first-order valence-electron chi connectivity index (χ1n) is 24.5. The topological polar surface area (TPSA) is 102 Å². The van der Waals surface area contributed by atoms with Gasteiger partial charge in [0.1, 0.15) is 12.6 Å². The van der Waals surface area contributed by atoms with E-state index in [0.29, 0.717) is 12.8 Å². The Kier molecular flexibility index (Phi) is 41.1. The average molecular weight is 854 g/mol. The van der Waals surface area contributed by atoms with Crippen molar-refractivity contribution >= 4 is 17.9 Å². The number of carbonyl (C=O) groups excluding carboxylic acids is 3. The van der Waals surface area contributed by atoms with Gasteiger partial charge in [0, 0.05) is 19.3 Å². The maximum Gasteiger partial charge on any atom is 0.306 e. The number of unbranched alkanes of at least 4 members (excludes halogenated alkanes) is 17. The molecular formula is C53H91NO7. The summed E-state index contributed by atoms with van der Waals surface area (Å²) < 4.78 is 17.2. The maximum atomic E-state index is 12.7. The van der Waals surface area contributed by atoms with Gasteiger partial charge in [-0.1, -0.05) is 164 Å². The highest BCUT2D eigenvalue weighted by Crippen LogP contribution is 2.14. The Labute approximate surface area is 374 Å². The molecule has 0 aliphatic rings. The van der Waals surface area contributed by atoms with Gasteiger partial charge < -0.3 is 28.6 Å². The van der Waals surface area contributed by atoms with Gasteiger partial charge in [-0.25, -0.2) is 0 Å². The molecule has 0 spiro atoms. The van der Waals surface area contributed by atoms with Crippen molar-refractivity contribution in [2.24, 2.45) is 0 Å². The molecule has 0 rings (SSSR count). The Morgan fingerprint density at radius 1 is 0.508 bits per heavy atom. The largest absolute Gasteiger partial charge is 0.544 e. The van der Waals surface area contributed by atoms with Crippen LogP contribution in [0.4, 0.5) is 0 Å². The summed E-state index contributed by atoms with van der Waals surface area (Å²) >= 11 is 0. The Hall–Kier alpha value is -3.23. The molecule has 2 atom stereocenters. The highest BCUT2D eigenvalue weighted by Gasteiger charge is 2.25. The summed E-state index contributed by atoms with van der Waals surface area (Å²) in [6.07, 6.45) is 54.9. The number of rotatable bonds is 43. The zero-order valence-electron chi connectivity index (χ0n) is 39.8. The van der Waals surface area contributed by atoms with Crippen LogP contribution >= 0.6 is 0 Å². The van der Waals surface area contributed by atoms with Crippen LogP contribution < -0.4 is 5.11 Å². The van der Waals surface area contributed by atoms with Crippen LogP contribution in [0.3, 0.4) is 0 Å². The molecule has 61 heavy (non-hydrogen) atoms. The summed E-state index contributed by atoms with van der Waals surface area (Å²) in [5.41, 5.74) is 0. The molecule has 2 unspecified atom stereocenters. The molecule has 0 aromatic carbocycles. The van der Waals surface area contributed by atoms with Crippen LogP contribution in [-0.4, -0.2) is 75.5 Å². The zero-order valence-corrected chi connectivity index (χ0v) is 39.8. The fourth-order valence-corrected chi connectivity index (χ4v) is 6.80. The van der Waals surface area contributed by atoms with E-state index < -0.39 is 18.1 Å². The molecule has 0 heterocycles. The van der Waals surface area contributed by atoms with E-state index >= 15 is 0 Å². The summed E-state index contributed by atoms with van der Waals surface area (Å²) in [4.78, 5) is 37.0. The number of ether oxygens (including phenoxy) is 3. The number of carbonyl (C=O) groups is 3. The highest BCUT2D eigenvalue weighted by molar-refractivity contribution is 5.70. The van der Waals surface area contributed by atoms with Crippen LogP contribution in [0.25, 0.3) is 0 Å². The van der Waals surface area contributed by atoms with E-state index in [9.17, 15) is 19.5 Å². The number of nitrogens with zero attached hydrogens (tertiary/aromatic N) is 1. The third-order valence-corrected chi connectivity index (χ3v) is 10.6. The minimum Gasteiger partial charge on any atom is -0.544 e. The first-order valence-corrected chi connectivity index (χ1v) is 24.5. The summed E-state index contributed by atoms with van der Waals surface area (Å²) in [5, 5.41) is 11.6. The molecule has 0 radical (unpaired) electrons. The molecule has 0 aromatic heterocycles. The van der Waals surface area contributed by atoms with Crippen molar-refractivity contribution in [1.82, 2.24) is 0 Å². The molecular weight excluding hydrogens is 763 g/mol. The number of hydrogen-bond donors (Lipinski definition) is 0. The van der Waals surface area contributed by atoms with Gasteiger partial charge in [-0.2, -0.15) is 0 Å². The maximum absolute atomic E-state index is 12.7. The first-order chi connectivity index (χ1) is 29.6. The lowest BCUT2D eigenvalue weighted by atomic mass is 10.1. The number of hydrogen-bond acceptors (Lipinski definition) is 7. The van der Waals surface area contributed by atoms with Crippen molar-refractivity contribution in [2.45, 2.75) is 206 Å². The molecule has 0 aliphatic heterocycles. The van der Waals surface area contributed by atoms with Gasteiger partial charge in [-0.15, -0.1) is 0 Å². The summed E-state index contributed by atoms with van der Waals surface area (Å²) in [6, 6.07) is -0.732. The normalized spacial score (nSPS) is 13.5. The number of carboxylic acids is 1. The van der Waals surface area contributed by atoms with E-state index in [1.54, 1.807) is 21.1 Å². The lowest BCUT2D eigenvalue weighted by Gasteiger charge is -2.34. The average Bonchev–Trinajstić information content (AvgIpc) is 3.22. The van der Waals surface area contributed by atoms with Gasteiger partial charge in [-0.05, 0) is 83.5 Å². The third-order valence-electron chi connectivity index (χ3n) is 10.6. The molecule has 0 N–H and O–H groups in total.